The smallest absolute Gasteiger partial charge is 0.0296 e. The first-order valence-corrected chi connectivity index (χ1v) is 4.98. The highest BCUT2D eigenvalue weighted by atomic mass is 79.9. The summed E-state index contributed by atoms with van der Waals surface area (Å²) in [5, 5.41) is 0. The van der Waals surface area contributed by atoms with Crippen molar-refractivity contribution in [2.75, 3.05) is 13.1 Å². The largest absolute Gasteiger partial charge is 0.296 e. The lowest BCUT2D eigenvalue weighted by atomic mass is 10.1. The molecule has 0 aromatic heterocycles. The highest BCUT2D eigenvalue weighted by Crippen LogP contribution is 2.24. The van der Waals surface area contributed by atoms with E-state index in [1.165, 1.54) is 13.0 Å². The van der Waals surface area contributed by atoms with Gasteiger partial charge in [0.2, 0.25) is 0 Å². The Hall–Kier alpha value is 0.180. The van der Waals surface area contributed by atoms with Crippen LogP contribution in [0.1, 0.15) is 20.3 Å². The summed E-state index contributed by atoms with van der Waals surface area (Å²) in [6, 6.07) is 0.726. The molecule has 0 saturated carbocycles. The Labute approximate surface area is 77.6 Å². The summed E-state index contributed by atoms with van der Waals surface area (Å²) < 4.78 is 1.10. The molecular formula is C9H16BrN. The van der Waals surface area contributed by atoms with Crippen LogP contribution in [0, 0.1) is 5.92 Å². The van der Waals surface area contributed by atoms with Crippen LogP contribution in [0.3, 0.4) is 0 Å². The minimum Gasteiger partial charge on any atom is -0.296 e. The standard InChI is InChI=1S/C9H16BrN/c1-7-4-5-11(9(7)3)6-8(2)10/h7,9H,2,4-6H2,1,3H3. The Balaban J connectivity index is 2.42. The maximum Gasteiger partial charge on any atom is 0.0296 e. The molecule has 1 heterocycles. The average Bonchev–Trinajstić information content (AvgIpc) is 2.18. The first-order chi connectivity index (χ1) is 5.11. The van der Waals surface area contributed by atoms with Crippen LogP contribution >= 0.6 is 15.9 Å². The van der Waals surface area contributed by atoms with Crippen molar-refractivity contribution in [3.63, 3.8) is 0 Å². The molecule has 1 rings (SSSR count). The van der Waals surface area contributed by atoms with Gasteiger partial charge in [-0.3, -0.25) is 4.90 Å². The fourth-order valence-electron chi connectivity index (χ4n) is 1.62. The van der Waals surface area contributed by atoms with E-state index in [2.05, 4.69) is 41.3 Å². The Kier molecular flexibility index (Phi) is 3.14. The van der Waals surface area contributed by atoms with Gasteiger partial charge in [0, 0.05) is 17.1 Å². The molecular weight excluding hydrogens is 202 g/mol. The fraction of sp³-hybridized carbons (Fsp3) is 0.778. The van der Waals surface area contributed by atoms with Crippen LogP contribution in [-0.2, 0) is 0 Å². The van der Waals surface area contributed by atoms with E-state index in [9.17, 15) is 0 Å². The van der Waals surface area contributed by atoms with E-state index >= 15 is 0 Å². The topological polar surface area (TPSA) is 3.24 Å². The van der Waals surface area contributed by atoms with Crippen molar-refractivity contribution in [2.45, 2.75) is 26.3 Å². The normalized spacial score (nSPS) is 32.6. The Bertz CT molecular complexity index is 156. The lowest BCUT2D eigenvalue weighted by molar-refractivity contribution is 0.272. The van der Waals surface area contributed by atoms with Crippen molar-refractivity contribution in [2.24, 2.45) is 5.92 Å². The van der Waals surface area contributed by atoms with E-state index in [-0.39, 0.29) is 0 Å². The first-order valence-electron chi connectivity index (χ1n) is 4.18. The van der Waals surface area contributed by atoms with Crippen LogP contribution in [0.25, 0.3) is 0 Å². The number of halogens is 1. The van der Waals surface area contributed by atoms with Crippen molar-refractivity contribution in [1.29, 1.82) is 0 Å². The second-order valence-electron chi connectivity index (χ2n) is 3.49. The highest BCUT2D eigenvalue weighted by Gasteiger charge is 2.26. The minimum atomic E-state index is 0.726. The lowest BCUT2D eigenvalue weighted by Gasteiger charge is -2.22. The molecule has 0 spiro atoms. The van der Waals surface area contributed by atoms with Crippen molar-refractivity contribution >= 4 is 15.9 Å². The molecule has 0 aromatic carbocycles. The van der Waals surface area contributed by atoms with Gasteiger partial charge in [-0.25, -0.2) is 0 Å². The molecule has 1 fully saturated rings. The van der Waals surface area contributed by atoms with Crippen molar-refractivity contribution in [1.82, 2.24) is 4.90 Å². The average molecular weight is 218 g/mol. The Morgan fingerprint density at radius 2 is 2.27 bits per heavy atom. The molecule has 0 aromatic rings. The molecule has 1 aliphatic heterocycles. The maximum absolute atomic E-state index is 3.85. The third-order valence-corrected chi connectivity index (χ3v) is 2.90. The number of hydrogen-bond donors (Lipinski definition) is 0. The van der Waals surface area contributed by atoms with E-state index in [0.717, 1.165) is 23.0 Å². The minimum absolute atomic E-state index is 0.726. The summed E-state index contributed by atoms with van der Waals surface area (Å²) in [6.07, 6.45) is 1.33. The SMILES string of the molecule is C=C(Br)CN1CCC(C)C1C. The summed E-state index contributed by atoms with van der Waals surface area (Å²) in [5.74, 6) is 0.849. The summed E-state index contributed by atoms with van der Waals surface area (Å²) in [7, 11) is 0. The predicted octanol–water partition coefficient (Wildman–Crippen LogP) is 2.63. The maximum atomic E-state index is 3.85. The molecule has 2 atom stereocenters. The van der Waals surface area contributed by atoms with E-state index in [1.54, 1.807) is 0 Å². The van der Waals surface area contributed by atoms with Crippen LogP contribution in [0.15, 0.2) is 11.1 Å². The van der Waals surface area contributed by atoms with Gasteiger partial charge in [0.05, 0.1) is 0 Å². The van der Waals surface area contributed by atoms with Gasteiger partial charge in [-0.2, -0.15) is 0 Å². The zero-order valence-electron chi connectivity index (χ0n) is 7.31. The molecule has 0 amide bonds. The van der Waals surface area contributed by atoms with Crippen molar-refractivity contribution in [3.8, 4) is 0 Å². The fourth-order valence-corrected chi connectivity index (χ4v) is 1.94. The molecule has 0 bridgehead atoms. The van der Waals surface area contributed by atoms with Crippen LogP contribution in [0.2, 0.25) is 0 Å². The molecule has 1 aliphatic rings. The van der Waals surface area contributed by atoms with Crippen molar-refractivity contribution < 1.29 is 0 Å². The van der Waals surface area contributed by atoms with Gasteiger partial charge < -0.3 is 0 Å². The van der Waals surface area contributed by atoms with E-state index < -0.39 is 0 Å². The van der Waals surface area contributed by atoms with Gasteiger partial charge >= 0.3 is 0 Å². The summed E-state index contributed by atoms with van der Waals surface area (Å²) >= 11 is 3.40. The zero-order valence-corrected chi connectivity index (χ0v) is 8.89. The highest BCUT2D eigenvalue weighted by molar-refractivity contribution is 9.11. The second kappa shape index (κ2) is 3.72. The third kappa shape index (κ3) is 2.31. The molecule has 0 N–H and O–H groups in total. The van der Waals surface area contributed by atoms with Gasteiger partial charge in [0.1, 0.15) is 0 Å². The van der Waals surface area contributed by atoms with Crippen LogP contribution in [-0.4, -0.2) is 24.0 Å². The summed E-state index contributed by atoms with van der Waals surface area (Å²) in [6.45, 7) is 10.7. The van der Waals surface area contributed by atoms with E-state index in [0.29, 0.717) is 0 Å². The monoisotopic (exact) mass is 217 g/mol. The number of likely N-dealkylation sites (tertiary alicyclic amines) is 1. The number of nitrogens with zero attached hydrogens (tertiary/aromatic N) is 1. The quantitative estimate of drug-likeness (QED) is 0.688. The van der Waals surface area contributed by atoms with Gasteiger partial charge in [0.15, 0.2) is 0 Å². The van der Waals surface area contributed by atoms with Gasteiger partial charge in [0.25, 0.3) is 0 Å². The summed E-state index contributed by atoms with van der Waals surface area (Å²) in [5.41, 5.74) is 0. The molecule has 1 nitrogen and oxygen atoms in total. The molecule has 11 heavy (non-hydrogen) atoms. The van der Waals surface area contributed by atoms with Crippen LogP contribution in [0.5, 0.6) is 0 Å². The van der Waals surface area contributed by atoms with Crippen LogP contribution < -0.4 is 0 Å². The Morgan fingerprint density at radius 1 is 1.64 bits per heavy atom. The predicted molar refractivity (Wildman–Crippen MR) is 52.9 cm³/mol. The molecule has 0 radical (unpaired) electrons. The number of hydrogen-bond acceptors (Lipinski definition) is 1. The molecule has 0 aliphatic carbocycles. The molecule has 2 heteroatoms. The zero-order chi connectivity index (χ0) is 8.43. The number of rotatable bonds is 2. The first kappa shape index (κ1) is 9.27. The molecule has 64 valence electrons. The summed E-state index contributed by atoms with van der Waals surface area (Å²) in [4.78, 5) is 2.47. The van der Waals surface area contributed by atoms with Gasteiger partial charge in [-0.1, -0.05) is 29.4 Å². The van der Waals surface area contributed by atoms with Gasteiger partial charge in [-0.05, 0) is 25.8 Å². The third-order valence-electron chi connectivity index (χ3n) is 2.65. The van der Waals surface area contributed by atoms with Crippen LogP contribution in [0.4, 0.5) is 0 Å². The molecule has 2 unspecified atom stereocenters. The van der Waals surface area contributed by atoms with E-state index in [4.69, 9.17) is 0 Å². The van der Waals surface area contributed by atoms with E-state index in [1.807, 2.05) is 0 Å². The lowest BCUT2D eigenvalue weighted by Crippen LogP contribution is -2.30. The van der Waals surface area contributed by atoms with Gasteiger partial charge in [-0.15, -0.1) is 0 Å². The molecule has 1 saturated heterocycles. The second-order valence-corrected chi connectivity index (χ2v) is 4.62. The Morgan fingerprint density at radius 3 is 2.64 bits per heavy atom. The van der Waals surface area contributed by atoms with Crippen molar-refractivity contribution in [3.05, 3.63) is 11.1 Å².